The average molecular weight is 1110 g/mol. The van der Waals surface area contributed by atoms with Crippen LogP contribution in [0.1, 0.15) is 239 Å². The SMILES string of the molecule is CC/C=C\C/C=C\C/C=C\C/C=C\CCCCCCCCC(=O)OCC(COP(=O)(O)OCC(CO)OC(=O)CCCCCCC/C=C\C/C=C\CCC)OC(=O)CCCCCCCC/C=C\C/C=C\C/C=C\C/C=C\CC. The van der Waals surface area contributed by atoms with Crippen LogP contribution in [0.3, 0.4) is 0 Å². The number of aliphatic hydroxyl groups is 1. The second-order valence-corrected chi connectivity index (χ2v) is 21.2. The summed E-state index contributed by atoms with van der Waals surface area (Å²) in [5, 5.41) is 9.82. The van der Waals surface area contributed by atoms with E-state index in [4.69, 9.17) is 23.3 Å². The highest BCUT2D eigenvalue weighted by Gasteiger charge is 2.28. The highest BCUT2D eigenvalue weighted by Crippen LogP contribution is 2.43. The molecule has 0 radical (unpaired) electrons. The molecule has 0 heterocycles. The van der Waals surface area contributed by atoms with Crippen LogP contribution in [0.2, 0.25) is 0 Å². The van der Waals surface area contributed by atoms with Crippen molar-refractivity contribution in [2.24, 2.45) is 0 Å². The fourth-order valence-electron chi connectivity index (χ4n) is 7.79. The number of hydrogen-bond acceptors (Lipinski definition) is 10. The van der Waals surface area contributed by atoms with Crippen LogP contribution >= 0.6 is 7.82 Å². The van der Waals surface area contributed by atoms with E-state index in [1.807, 2.05) is 0 Å². The van der Waals surface area contributed by atoms with Crippen molar-refractivity contribution in [2.45, 2.75) is 251 Å². The molecule has 0 bridgehead atoms. The van der Waals surface area contributed by atoms with E-state index in [0.29, 0.717) is 19.3 Å². The summed E-state index contributed by atoms with van der Waals surface area (Å²) in [5.74, 6) is -1.52. The molecule has 0 aromatic rings. The Labute approximate surface area is 475 Å². The quantitative estimate of drug-likeness (QED) is 0.0197. The first-order chi connectivity index (χ1) is 38.2. The maximum Gasteiger partial charge on any atom is 0.472 e. The van der Waals surface area contributed by atoms with E-state index in [9.17, 15) is 28.9 Å². The van der Waals surface area contributed by atoms with E-state index in [0.717, 1.165) is 180 Å². The smallest absolute Gasteiger partial charge is 0.462 e. The Morgan fingerprint density at radius 3 is 1.03 bits per heavy atom. The Morgan fingerprint density at radius 2 is 0.667 bits per heavy atom. The standard InChI is InChI=1S/C66H109O11P/c1-4-7-10-13-16-19-22-25-27-29-31-33-35-38-40-43-46-49-52-55-64(68)73-59-63(77-66(70)57-54-51-48-45-42-39-36-34-32-30-28-26-23-20-17-14-11-8-5-2)61-75-78(71,72)74-60-62(58-67)76-65(69)56-53-50-47-44-41-37-24-21-18-15-12-9-6-3/h7-8,10-12,15-17,19-21,24-28,31-34,62-63,67H,4-6,9,13-14,18,22-23,29-30,35-61H2,1-3H3,(H,71,72)/b10-7-,11-8-,15-12-,19-16-,20-17-,24-21-,27-25-,28-26-,33-31-,34-32-. The molecule has 0 aliphatic heterocycles. The van der Waals surface area contributed by atoms with E-state index < -0.39 is 57.8 Å². The zero-order valence-electron chi connectivity index (χ0n) is 49.1. The van der Waals surface area contributed by atoms with Gasteiger partial charge in [-0.3, -0.25) is 23.4 Å². The molecule has 0 saturated carbocycles. The summed E-state index contributed by atoms with van der Waals surface area (Å²) in [7, 11) is -4.77. The van der Waals surface area contributed by atoms with Crippen molar-refractivity contribution in [1.29, 1.82) is 0 Å². The molecule has 11 nitrogen and oxygen atoms in total. The van der Waals surface area contributed by atoms with Crippen LogP contribution < -0.4 is 0 Å². The minimum atomic E-state index is -4.77. The summed E-state index contributed by atoms with van der Waals surface area (Å²) in [6.07, 6.45) is 72.9. The lowest BCUT2D eigenvalue weighted by Crippen LogP contribution is -2.30. The number of allylic oxidation sites excluding steroid dienone is 20. The number of carbonyl (C=O) groups is 3. The Balaban J connectivity index is 4.80. The third-order valence-electron chi connectivity index (χ3n) is 12.3. The summed E-state index contributed by atoms with van der Waals surface area (Å²) in [4.78, 5) is 48.7. The largest absolute Gasteiger partial charge is 0.472 e. The summed E-state index contributed by atoms with van der Waals surface area (Å²) in [6, 6.07) is 0. The number of unbranched alkanes of at least 4 members (excludes halogenated alkanes) is 18. The molecule has 0 saturated heterocycles. The molecule has 0 aliphatic rings. The van der Waals surface area contributed by atoms with Gasteiger partial charge in [-0.1, -0.05) is 219 Å². The number of hydrogen-bond donors (Lipinski definition) is 2. The lowest BCUT2D eigenvalue weighted by molar-refractivity contribution is -0.161. The van der Waals surface area contributed by atoms with Crippen molar-refractivity contribution in [1.82, 2.24) is 0 Å². The van der Waals surface area contributed by atoms with Crippen LogP contribution in [0, 0.1) is 0 Å². The van der Waals surface area contributed by atoms with E-state index in [1.165, 1.54) is 0 Å². The Bertz CT molecular complexity index is 1770. The Hall–Kier alpha value is -4.12. The van der Waals surface area contributed by atoms with Gasteiger partial charge < -0.3 is 24.2 Å². The maximum atomic E-state index is 12.9. The first-order valence-corrected chi connectivity index (χ1v) is 31.9. The number of aliphatic hydroxyl groups excluding tert-OH is 1. The van der Waals surface area contributed by atoms with Gasteiger partial charge in [-0.15, -0.1) is 0 Å². The molecule has 3 unspecified atom stereocenters. The highest BCUT2D eigenvalue weighted by atomic mass is 31.2. The van der Waals surface area contributed by atoms with Crippen LogP contribution in [0.15, 0.2) is 122 Å². The third-order valence-corrected chi connectivity index (χ3v) is 13.3. The minimum Gasteiger partial charge on any atom is -0.462 e. The first kappa shape index (κ1) is 73.9. The van der Waals surface area contributed by atoms with Crippen molar-refractivity contribution in [2.75, 3.05) is 26.4 Å². The predicted octanol–water partition coefficient (Wildman–Crippen LogP) is 18.4. The van der Waals surface area contributed by atoms with Gasteiger partial charge in [0, 0.05) is 19.3 Å². The number of ether oxygens (including phenoxy) is 3. The van der Waals surface area contributed by atoms with Gasteiger partial charge in [0.2, 0.25) is 0 Å². The van der Waals surface area contributed by atoms with Crippen LogP contribution in [0.25, 0.3) is 0 Å². The molecule has 0 rings (SSSR count). The monoisotopic (exact) mass is 1110 g/mol. The fraction of sp³-hybridized carbons (Fsp3) is 0.652. The van der Waals surface area contributed by atoms with Crippen LogP contribution in [-0.4, -0.2) is 66.5 Å². The van der Waals surface area contributed by atoms with E-state index in [1.54, 1.807) is 0 Å². The molecule has 0 aromatic carbocycles. The summed E-state index contributed by atoms with van der Waals surface area (Å²) in [5.41, 5.74) is 0. The third kappa shape index (κ3) is 56.6. The van der Waals surface area contributed by atoms with Gasteiger partial charge in [0.15, 0.2) is 6.10 Å². The van der Waals surface area contributed by atoms with Crippen LogP contribution in [-0.2, 0) is 42.2 Å². The lowest BCUT2D eigenvalue weighted by atomic mass is 10.1. The molecule has 0 fully saturated rings. The average Bonchev–Trinajstić information content (AvgIpc) is 3.43. The molecule has 3 atom stereocenters. The van der Waals surface area contributed by atoms with E-state index in [2.05, 4.69) is 142 Å². The molecular formula is C66H109O11P. The highest BCUT2D eigenvalue weighted by molar-refractivity contribution is 7.47. The topological polar surface area (TPSA) is 155 Å². The number of phosphoric ester groups is 1. The zero-order chi connectivity index (χ0) is 56.9. The molecule has 0 spiro atoms. The van der Waals surface area contributed by atoms with Crippen LogP contribution in [0.5, 0.6) is 0 Å². The van der Waals surface area contributed by atoms with E-state index >= 15 is 0 Å². The van der Waals surface area contributed by atoms with Gasteiger partial charge in [0.05, 0.1) is 19.8 Å². The summed E-state index contributed by atoms with van der Waals surface area (Å²) >= 11 is 0. The Morgan fingerprint density at radius 1 is 0.372 bits per heavy atom. The fourth-order valence-corrected chi connectivity index (χ4v) is 8.57. The van der Waals surface area contributed by atoms with Gasteiger partial charge in [-0.2, -0.15) is 0 Å². The van der Waals surface area contributed by atoms with Crippen molar-refractivity contribution in [3.63, 3.8) is 0 Å². The van der Waals surface area contributed by atoms with Gasteiger partial charge in [-0.05, 0) is 122 Å². The Kier molecular flexibility index (Phi) is 55.9. The van der Waals surface area contributed by atoms with Crippen molar-refractivity contribution in [3.8, 4) is 0 Å². The van der Waals surface area contributed by atoms with Gasteiger partial charge >= 0.3 is 25.7 Å². The summed E-state index contributed by atoms with van der Waals surface area (Å²) < 4.78 is 39.6. The van der Waals surface area contributed by atoms with Crippen molar-refractivity contribution >= 4 is 25.7 Å². The summed E-state index contributed by atoms with van der Waals surface area (Å²) in [6.45, 7) is 4.30. The predicted molar refractivity (Wildman–Crippen MR) is 325 cm³/mol. The lowest BCUT2D eigenvalue weighted by Gasteiger charge is -2.21. The number of phosphoric acid groups is 1. The zero-order valence-corrected chi connectivity index (χ0v) is 50.0. The molecule has 2 N–H and O–H groups in total. The molecule has 0 aliphatic carbocycles. The minimum absolute atomic E-state index is 0.141. The first-order valence-electron chi connectivity index (χ1n) is 30.4. The number of carbonyl (C=O) groups excluding carboxylic acids is 3. The molecule has 12 heteroatoms. The maximum absolute atomic E-state index is 12.9. The van der Waals surface area contributed by atoms with Crippen molar-refractivity contribution < 1.29 is 52.2 Å². The van der Waals surface area contributed by atoms with Gasteiger partial charge in [0.1, 0.15) is 12.7 Å². The van der Waals surface area contributed by atoms with E-state index in [-0.39, 0.29) is 25.9 Å². The van der Waals surface area contributed by atoms with Gasteiger partial charge in [0.25, 0.3) is 0 Å². The molecule has 78 heavy (non-hydrogen) atoms. The normalized spacial score (nSPS) is 14.2. The molecular weight excluding hydrogens is 1000 g/mol. The second-order valence-electron chi connectivity index (χ2n) is 19.7. The number of esters is 3. The second kappa shape index (κ2) is 59.0. The van der Waals surface area contributed by atoms with Crippen LogP contribution in [0.4, 0.5) is 0 Å². The van der Waals surface area contributed by atoms with Gasteiger partial charge in [-0.25, -0.2) is 4.57 Å². The number of rotatable bonds is 55. The molecule has 444 valence electrons. The van der Waals surface area contributed by atoms with Crippen molar-refractivity contribution in [3.05, 3.63) is 122 Å². The molecule has 0 amide bonds. The molecule has 0 aromatic heterocycles.